The lowest BCUT2D eigenvalue weighted by atomic mass is 10.2. The molecule has 1 heterocycles. The molecule has 0 saturated heterocycles. The van der Waals surface area contributed by atoms with Gasteiger partial charge in [-0.15, -0.1) is 0 Å². The summed E-state index contributed by atoms with van der Waals surface area (Å²) in [6.45, 7) is 0. The van der Waals surface area contributed by atoms with E-state index in [1.165, 1.54) is 12.1 Å². The minimum atomic E-state index is -0.706. The Labute approximate surface area is 143 Å². The van der Waals surface area contributed by atoms with Crippen molar-refractivity contribution in [2.75, 3.05) is 5.32 Å². The summed E-state index contributed by atoms with van der Waals surface area (Å²) in [5.41, 5.74) is 0.245. The number of rotatable bonds is 2. The number of nitrogens with one attached hydrogen (secondary N) is 1. The first-order valence-corrected chi connectivity index (χ1v) is 7.92. The van der Waals surface area contributed by atoms with Crippen LogP contribution in [0.2, 0.25) is 15.1 Å². The van der Waals surface area contributed by atoms with E-state index in [1.807, 2.05) is 0 Å². The van der Waals surface area contributed by atoms with Crippen molar-refractivity contribution in [2.45, 2.75) is 0 Å². The third-order valence-electron chi connectivity index (χ3n) is 2.86. The van der Waals surface area contributed by atoms with Crippen molar-refractivity contribution in [3.63, 3.8) is 0 Å². The maximum atomic E-state index is 13.7. The molecule has 1 aromatic heterocycles. The molecule has 0 aliphatic heterocycles. The Morgan fingerprint density at radius 2 is 1.82 bits per heavy atom. The van der Waals surface area contributed by atoms with Crippen LogP contribution < -0.4 is 5.32 Å². The van der Waals surface area contributed by atoms with Crippen LogP contribution in [0, 0.1) is 5.82 Å². The van der Waals surface area contributed by atoms with Crippen LogP contribution in [0.25, 0.3) is 10.2 Å². The van der Waals surface area contributed by atoms with Crippen LogP contribution in [0.15, 0.2) is 30.3 Å². The molecule has 0 aliphatic rings. The van der Waals surface area contributed by atoms with Gasteiger partial charge in [0.05, 0.1) is 25.3 Å². The summed E-state index contributed by atoms with van der Waals surface area (Å²) in [5.74, 6) is -1.39. The molecule has 0 atom stereocenters. The number of thiazole rings is 1. The lowest BCUT2D eigenvalue weighted by Crippen LogP contribution is -2.14. The van der Waals surface area contributed by atoms with Gasteiger partial charge in [0.25, 0.3) is 5.91 Å². The van der Waals surface area contributed by atoms with E-state index < -0.39 is 11.7 Å². The van der Waals surface area contributed by atoms with E-state index in [1.54, 1.807) is 12.1 Å². The van der Waals surface area contributed by atoms with Crippen LogP contribution >= 0.6 is 46.1 Å². The lowest BCUT2D eigenvalue weighted by molar-refractivity contribution is 0.102. The largest absolute Gasteiger partial charge is 0.298 e. The number of aromatic nitrogens is 1. The van der Waals surface area contributed by atoms with Gasteiger partial charge < -0.3 is 0 Å². The first-order valence-electron chi connectivity index (χ1n) is 5.97. The van der Waals surface area contributed by atoms with E-state index in [2.05, 4.69) is 10.3 Å². The van der Waals surface area contributed by atoms with Crippen LogP contribution in [0.3, 0.4) is 0 Å². The van der Waals surface area contributed by atoms with E-state index in [9.17, 15) is 9.18 Å². The fourth-order valence-electron chi connectivity index (χ4n) is 1.87. The Morgan fingerprint density at radius 3 is 2.50 bits per heavy atom. The second kappa shape index (κ2) is 6.01. The van der Waals surface area contributed by atoms with Crippen LogP contribution in [-0.4, -0.2) is 10.9 Å². The van der Waals surface area contributed by atoms with Gasteiger partial charge in [-0.05, 0) is 24.3 Å². The van der Waals surface area contributed by atoms with Crippen molar-refractivity contribution in [3.8, 4) is 0 Å². The second-order valence-electron chi connectivity index (χ2n) is 4.28. The first-order chi connectivity index (χ1) is 10.5. The monoisotopic (exact) mass is 374 g/mol. The van der Waals surface area contributed by atoms with Crippen molar-refractivity contribution in [3.05, 3.63) is 56.8 Å². The number of fused-ring (bicyclic) bond motifs is 1. The van der Waals surface area contributed by atoms with E-state index in [0.717, 1.165) is 17.4 Å². The molecule has 0 saturated carbocycles. The highest BCUT2D eigenvalue weighted by Crippen LogP contribution is 2.36. The molecule has 3 nitrogen and oxygen atoms in total. The molecule has 112 valence electrons. The van der Waals surface area contributed by atoms with E-state index >= 15 is 0 Å². The third-order valence-corrected chi connectivity index (χ3v) is 4.91. The molecule has 2 aromatic carbocycles. The van der Waals surface area contributed by atoms with Gasteiger partial charge >= 0.3 is 0 Å². The average Bonchev–Trinajstić information content (AvgIpc) is 2.88. The number of benzene rings is 2. The highest BCUT2D eigenvalue weighted by Gasteiger charge is 2.18. The van der Waals surface area contributed by atoms with Gasteiger partial charge in [-0.2, -0.15) is 0 Å². The molecule has 0 spiro atoms. The molecule has 0 radical (unpaired) electrons. The molecule has 0 unspecified atom stereocenters. The van der Waals surface area contributed by atoms with Crippen molar-refractivity contribution in [2.24, 2.45) is 0 Å². The SMILES string of the molecule is O=C(Nc1nc2c(Cl)ccc(Cl)c2s1)c1c(F)cccc1Cl. The van der Waals surface area contributed by atoms with Gasteiger partial charge in [0.1, 0.15) is 11.3 Å². The van der Waals surface area contributed by atoms with E-state index in [-0.39, 0.29) is 15.7 Å². The summed E-state index contributed by atoms with van der Waals surface area (Å²) in [5, 5.41) is 3.68. The van der Waals surface area contributed by atoms with Crippen LogP contribution in [0.5, 0.6) is 0 Å². The van der Waals surface area contributed by atoms with E-state index in [4.69, 9.17) is 34.8 Å². The predicted molar refractivity (Wildman–Crippen MR) is 89.0 cm³/mol. The standard InChI is InChI=1S/C14H6Cl3FN2OS/c15-6-2-1-3-9(18)10(6)13(21)20-14-19-11-7(16)4-5-8(17)12(11)22-14/h1-5H,(H,19,20,21). The molecule has 0 aliphatic carbocycles. The van der Waals surface area contributed by atoms with Gasteiger partial charge in [0.15, 0.2) is 5.13 Å². The average molecular weight is 376 g/mol. The smallest absolute Gasteiger partial charge is 0.261 e. The molecule has 1 N–H and O–H groups in total. The van der Waals surface area contributed by atoms with Gasteiger partial charge in [0, 0.05) is 0 Å². The Hall–Kier alpha value is -1.40. The molecule has 22 heavy (non-hydrogen) atoms. The highest BCUT2D eigenvalue weighted by atomic mass is 35.5. The zero-order valence-corrected chi connectivity index (χ0v) is 13.7. The van der Waals surface area contributed by atoms with Gasteiger partial charge in [-0.1, -0.05) is 52.2 Å². The fraction of sp³-hybridized carbons (Fsp3) is 0. The maximum absolute atomic E-state index is 13.7. The van der Waals surface area contributed by atoms with Gasteiger partial charge in [-0.3, -0.25) is 10.1 Å². The molecule has 3 aromatic rings. The number of nitrogens with zero attached hydrogens (tertiary/aromatic N) is 1. The molecule has 0 bridgehead atoms. The zero-order valence-electron chi connectivity index (χ0n) is 10.7. The molecule has 3 rings (SSSR count). The number of hydrogen-bond donors (Lipinski definition) is 1. The van der Waals surface area contributed by atoms with Crippen molar-refractivity contribution in [1.29, 1.82) is 0 Å². The normalized spacial score (nSPS) is 10.9. The Bertz CT molecular complexity index is 838. The van der Waals surface area contributed by atoms with Crippen molar-refractivity contribution in [1.82, 2.24) is 4.98 Å². The number of hydrogen-bond acceptors (Lipinski definition) is 3. The summed E-state index contributed by atoms with van der Waals surface area (Å²) >= 11 is 19.1. The Balaban J connectivity index is 1.98. The van der Waals surface area contributed by atoms with Crippen molar-refractivity contribution < 1.29 is 9.18 Å². The topological polar surface area (TPSA) is 42.0 Å². The number of anilines is 1. The molecule has 8 heteroatoms. The molecule has 0 fully saturated rings. The maximum Gasteiger partial charge on any atom is 0.261 e. The van der Waals surface area contributed by atoms with Gasteiger partial charge in [0.2, 0.25) is 0 Å². The number of carbonyl (C=O) groups is 1. The highest BCUT2D eigenvalue weighted by molar-refractivity contribution is 7.23. The molecular formula is C14H6Cl3FN2OS. The van der Waals surface area contributed by atoms with Crippen LogP contribution in [0.1, 0.15) is 10.4 Å². The van der Waals surface area contributed by atoms with E-state index in [0.29, 0.717) is 20.3 Å². The summed E-state index contributed by atoms with van der Waals surface area (Å²) in [4.78, 5) is 16.4. The first kappa shape index (κ1) is 15.5. The molecule has 1 amide bonds. The number of amides is 1. The molecular weight excluding hydrogens is 370 g/mol. The summed E-state index contributed by atoms with van der Waals surface area (Å²) in [6.07, 6.45) is 0. The van der Waals surface area contributed by atoms with Crippen LogP contribution in [0.4, 0.5) is 9.52 Å². The number of halogens is 4. The van der Waals surface area contributed by atoms with Crippen molar-refractivity contribution >= 4 is 67.4 Å². The second-order valence-corrected chi connectivity index (χ2v) is 6.50. The summed E-state index contributed by atoms with van der Waals surface area (Å²) in [6, 6.07) is 7.28. The zero-order chi connectivity index (χ0) is 15.9. The summed E-state index contributed by atoms with van der Waals surface area (Å²) < 4.78 is 14.4. The summed E-state index contributed by atoms with van der Waals surface area (Å²) in [7, 11) is 0. The quantitative estimate of drug-likeness (QED) is 0.629. The minimum Gasteiger partial charge on any atom is -0.298 e. The fourth-order valence-corrected chi connectivity index (χ4v) is 3.54. The van der Waals surface area contributed by atoms with Gasteiger partial charge in [-0.25, -0.2) is 9.37 Å². The predicted octanol–water partition coefficient (Wildman–Crippen LogP) is 5.65. The Morgan fingerprint density at radius 1 is 1.09 bits per heavy atom. The third kappa shape index (κ3) is 2.77. The van der Waals surface area contributed by atoms with Crippen LogP contribution in [-0.2, 0) is 0 Å². The minimum absolute atomic E-state index is 0.0228. The lowest BCUT2D eigenvalue weighted by Gasteiger charge is -2.04. The number of carbonyl (C=O) groups excluding carboxylic acids is 1. The Kier molecular flexibility index (Phi) is 4.23.